The van der Waals surface area contributed by atoms with Crippen LogP contribution in [0.3, 0.4) is 0 Å². The van der Waals surface area contributed by atoms with Gasteiger partial charge in [-0.25, -0.2) is 4.98 Å². The van der Waals surface area contributed by atoms with Crippen LogP contribution in [-0.4, -0.2) is 39.3 Å². The minimum atomic E-state index is 0. The van der Waals surface area contributed by atoms with E-state index >= 15 is 0 Å². The smallest absolute Gasteiger partial charge is 0.257 e. The number of carbonyl (C=O) groups excluding carboxylic acids is 1. The van der Waals surface area contributed by atoms with Crippen molar-refractivity contribution in [1.29, 1.82) is 0 Å². The molecule has 0 bridgehead atoms. The molecular formula is C22H28Cl2N4O2. The summed E-state index contributed by atoms with van der Waals surface area (Å²) in [6.45, 7) is 5.74. The highest BCUT2D eigenvalue weighted by molar-refractivity contribution is 5.97. The second-order valence-electron chi connectivity index (χ2n) is 7.58. The number of hydrogen-bond acceptors (Lipinski definition) is 4. The molecule has 1 aliphatic heterocycles. The van der Waals surface area contributed by atoms with Crippen LogP contribution in [0.4, 0.5) is 0 Å². The summed E-state index contributed by atoms with van der Waals surface area (Å²) in [6, 6.07) is 11.6. The van der Waals surface area contributed by atoms with Crippen LogP contribution in [0.1, 0.15) is 35.0 Å². The first-order valence-corrected chi connectivity index (χ1v) is 9.73. The molecule has 1 amide bonds. The number of aromatic nitrogens is 2. The summed E-state index contributed by atoms with van der Waals surface area (Å²) in [5.41, 5.74) is 9.26. The maximum Gasteiger partial charge on any atom is 0.257 e. The number of imidazole rings is 1. The SMILES string of the molecule is Cc1cccn2cc(COc3ccccc3C(=O)N3CC(CN)CC3C)nc12.Cl.Cl. The van der Waals surface area contributed by atoms with E-state index < -0.39 is 0 Å². The van der Waals surface area contributed by atoms with Crippen LogP contribution in [0.25, 0.3) is 5.65 Å². The van der Waals surface area contributed by atoms with E-state index in [0.29, 0.717) is 36.9 Å². The number of benzene rings is 1. The lowest BCUT2D eigenvalue weighted by Crippen LogP contribution is -2.34. The van der Waals surface area contributed by atoms with Gasteiger partial charge < -0.3 is 19.8 Å². The fourth-order valence-electron chi connectivity index (χ4n) is 3.95. The van der Waals surface area contributed by atoms with E-state index in [-0.39, 0.29) is 36.8 Å². The van der Waals surface area contributed by atoms with E-state index in [1.165, 1.54) is 0 Å². The summed E-state index contributed by atoms with van der Waals surface area (Å²) in [4.78, 5) is 19.7. The first-order chi connectivity index (χ1) is 13.6. The number of rotatable bonds is 5. The standard InChI is InChI=1S/C22H26N4O2.2ClH/c1-15-6-5-9-25-13-18(24-21(15)25)14-28-20-8-4-3-7-19(20)22(27)26-12-17(11-23)10-16(26)2;;/h3-9,13,16-17H,10-12,14,23H2,1-2H3;2*1H. The molecule has 8 heteroatoms. The lowest BCUT2D eigenvalue weighted by molar-refractivity contribution is 0.0738. The van der Waals surface area contributed by atoms with Crippen LogP contribution < -0.4 is 10.5 Å². The van der Waals surface area contributed by atoms with E-state index in [9.17, 15) is 4.79 Å². The summed E-state index contributed by atoms with van der Waals surface area (Å²) in [5, 5.41) is 0. The molecule has 2 atom stereocenters. The Morgan fingerprint density at radius 2 is 2.00 bits per heavy atom. The number of pyridine rings is 1. The van der Waals surface area contributed by atoms with Crippen LogP contribution in [0.2, 0.25) is 0 Å². The normalized spacial score (nSPS) is 18.0. The van der Waals surface area contributed by atoms with E-state index in [1.54, 1.807) is 0 Å². The summed E-state index contributed by atoms with van der Waals surface area (Å²) < 4.78 is 8.00. The zero-order chi connectivity index (χ0) is 19.7. The monoisotopic (exact) mass is 450 g/mol. The number of amides is 1. The zero-order valence-corrected chi connectivity index (χ0v) is 18.8. The lowest BCUT2D eigenvalue weighted by Gasteiger charge is -2.22. The van der Waals surface area contributed by atoms with Crippen molar-refractivity contribution >= 4 is 36.4 Å². The molecule has 0 spiro atoms. The Morgan fingerprint density at radius 3 is 2.70 bits per heavy atom. The number of hydrogen-bond donors (Lipinski definition) is 1. The van der Waals surface area contributed by atoms with Gasteiger partial charge in [0.05, 0.1) is 11.3 Å². The molecule has 4 rings (SSSR count). The van der Waals surface area contributed by atoms with Crippen molar-refractivity contribution in [2.24, 2.45) is 11.7 Å². The summed E-state index contributed by atoms with van der Waals surface area (Å²) >= 11 is 0. The first-order valence-electron chi connectivity index (χ1n) is 9.73. The third-order valence-electron chi connectivity index (χ3n) is 5.48. The van der Waals surface area contributed by atoms with E-state index in [4.69, 9.17) is 10.5 Å². The first kappa shape index (κ1) is 24.0. The number of halogens is 2. The molecule has 2 aromatic heterocycles. The second kappa shape index (κ2) is 10.2. The molecule has 0 saturated carbocycles. The fourth-order valence-corrected chi connectivity index (χ4v) is 3.95. The number of nitrogens with two attached hydrogens (primary N) is 1. The van der Waals surface area contributed by atoms with Crippen LogP contribution >= 0.6 is 24.8 Å². The number of ether oxygens (including phenoxy) is 1. The predicted molar refractivity (Wildman–Crippen MR) is 123 cm³/mol. The summed E-state index contributed by atoms with van der Waals surface area (Å²) in [6.07, 6.45) is 4.88. The van der Waals surface area contributed by atoms with Crippen LogP contribution in [0.5, 0.6) is 5.75 Å². The maximum atomic E-state index is 13.1. The largest absolute Gasteiger partial charge is 0.486 e. The highest BCUT2D eigenvalue weighted by Crippen LogP contribution is 2.28. The third-order valence-corrected chi connectivity index (χ3v) is 5.48. The van der Waals surface area contributed by atoms with Gasteiger partial charge in [-0.1, -0.05) is 18.2 Å². The highest BCUT2D eigenvalue weighted by atomic mass is 35.5. The Bertz CT molecular complexity index is 1010. The van der Waals surface area contributed by atoms with E-state index in [0.717, 1.165) is 23.3 Å². The Labute approximate surface area is 189 Å². The molecule has 30 heavy (non-hydrogen) atoms. The number of para-hydroxylation sites is 1. The molecule has 2 N–H and O–H groups in total. The van der Waals surface area contributed by atoms with Crippen molar-refractivity contribution in [3.8, 4) is 5.75 Å². The molecule has 162 valence electrons. The van der Waals surface area contributed by atoms with Crippen LogP contribution in [0.15, 0.2) is 48.8 Å². The number of aryl methyl sites for hydroxylation is 1. The number of fused-ring (bicyclic) bond motifs is 1. The van der Waals surface area contributed by atoms with Gasteiger partial charge in [-0.2, -0.15) is 0 Å². The van der Waals surface area contributed by atoms with Crippen molar-refractivity contribution in [2.75, 3.05) is 13.1 Å². The van der Waals surface area contributed by atoms with Crippen molar-refractivity contribution in [3.63, 3.8) is 0 Å². The molecule has 2 unspecified atom stereocenters. The average molecular weight is 451 g/mol. The molecule has 6 nitrogen and oxygen atoms in total. The minimum Gasteiger partial charge on any atom is -0.486 e. The van der Waals surface area contributed by atoms with Crippen LogP contribution in [-0.2, 0) is 6.61 Å². The molecule has 0 radical (unpaired) electrons. The van der Waals surface area contributed by atoms with Crippen molar-refractivity contribution in [3.05, 3.63) is 65.6 Å². The average Bonchev–Trinajstić information content (AvgIpc) is 3.30. The van der Waals surface area contributed by atoms with Gasteiger partial charge in [-0.15, -0.1) is 24.8 Å². The molecule has 3 heterocycles. The van der Waals surface area contributed by atoms with Crippen molar-refractivity contribution in [2.45, 2.75) is 32.9 Å². The molecule has 1 aromatic carbocycles. The predicted octanol–water partition coefficient (Wildman–Crippen LogP) is 3.87. The maximum absolute atomic E-state index is 13.1. The van der Waals surface area contributed by atoms with Crippen molar-refractivity contribution < 1.29 is 9.53 Å². The second-order valence-corrected chi connectivity index (χ2v) is 7.58. The van der Waals surface area contributed by atoms with Gasteiger partial charge in [-0.05, 0) is 56.5 Å². The van der Waals surface area contributed by atoms with Crippen LogP contribution in [0, 0.1) is 12.8 Å². The Kier molecular flexibility index (Phi) is 8.12. The molecule has 3 aromatic rings. The zero-order valence-electron chi connectivity index (χ0n) is 17.2. The number of nitrogens with zero attached hydrogens (tertiary/aromatic N) is 3. The van der Waals surface area contributed by atoms with Gasteiger partial charge >= 0.3 is 0 Å². The summed E-state index contributed by atoms with van der Waals surface area (Å²) in [5.74, 6) is 0.961. The highest BCUT2D eigenvalue weighted by Gasteiger charge is 2.33. The topological polar surface area (TPSA) is 72.9 Å². The van der Waals surface area contributed by atoms with Crippen molar-refractivity contribution in [1.82, 2.24) is 14.3 Å². The Hall–Kier alpha value is -2.28. The molecule has 0 aliphatic carbocycles. The molecule has 1 saturated heterocycles. The summed E-state index contributed by atoms with van der Waals surface area (Å²) in [7, 11) is 0. The fraction of sp³-hybridized carbons (Fsp3) is 0.364. The third kappa shape index (κ3) is 4.72. The van der Waals surface area contributed by atoms with Gasteiger partial charge in [-0.3, -0.25) is 4.79 Å². The van der Waals surface area contributed by atoms with E-state index in [1.807, 2.05) is 65.0 Å². The van der Waals surface area contributed by atoms with E-state index in [2.05, 4.69) is 11.9 Å². The molecular weight excluding hydrogens is 423 g/mol. The Balaban J connectivity index is 0.00000160. The quantitative estimate of drug-likeness (QED) is 0.639. The number of carbonyl (C=O) groups is 1. The van der Waals surface area contributed by atoms with Gasteiger partial charge in [0.15, 0.2) is 0 Å². The van der Waals surface area contributed by atoms with Gasteiger partial charge in [0.1, 0.15) is 18.0 Å². The van der Waals surface area contributed by atoms with Gasteiger partial charge in [0.2, 0.25) is 0 Å². The molecule has 1 fully saturated rings. The minimum absolute atomic E-state index is 0. The lowest BCUT2D eigenvalue weighted by atomic mass is 10.1. The number of likely N-dealkylation sites (tertiary alicyclic amines) is 1. The Morgan fingerprint density at radius 1 is 1.23 bits per heavy atom. The van der Waals surface area contributed by atoms with Gasteiger partial charge in [0.25, 0.3) is 5.91 Å². The molecule has 1 aliphatic rings. The van der Waals surface area contributed by atoms with Gasteiger partial charge in [0, 0.05) is 25.0 Å².